The number of nitrogens with zero attached hydrogens (tertiary/aromatic N) is 6. The molecule has 0 aliphatic carbocycles. The molecule has 1 amide bonds. The Balaban J connectivity index is 1.70. The zero-order valence-electron chi connectivity index (χ0n) is 16.5. The lowest BCUT2D eigenvalue weighted by Crippen LogP contribution is -2.49. The van der Waals surface area contributed by atoms with Crippen LogP contribution in [0.3, 0.4) is 0 Å². The van der Waals surface area contributed by atoms with Crippen LogP contribution in [0.4, 0.5) is 0 Å². The van der Waals surface area contributed by atoms with E-state index in [1.165, 1.54) is 0 Å². The van der Waals surface area contributed by atoms with E-state index >= 15 is 0 Å². The molecule has 0 fully saturated rings. The maximum atomic E-state index is 13.3. The van der Waals surface area contributed by atoms with Crippen molar-refractivity contribution < 1.29 is 9.53 Å². The Hall–Kier alpha value is -2.84. The van der Waals surface area contributed by atoms with Crippen molar-refractivity contribution in [2.75, 3.05) is 13.7 Å². The highest BCUT2D eigenvalue weighted by Gasteiger charge is 2.33. The summed E-state index contributed by atoms with van der Waals surface area (Å²) < 4.78 is 7.34. The van der Waals surface area contributed by atoms with Gasteiger partial charge in [0.2, 0.25) is 5.28 Å². The number of fused-ring (bicyclic) bond motifs is 1. The first kappa shape index (κ1) is 19.5. The summed E-state index contributed by atoms with van der Waals surface area (Å²) in [6, 6.07) is 3.58. The van der Waals surface area contributed by atoms with E-state index in [0.29, 0.717) is 31.2 Å². The minimum atomic E-state index is -0.106. The second kappa shape index (κ2) is 7.88. The van der Waals surface area contributed by atoms with Crippen LogP contribution in [-0.4, -0.2) is 55.1 Å². The summed E-state index contributed by atoms with van der Waals surface area (Å²) in [5.41, 5.74) is 3.86. The number of hydrogen-bond acceptors (Lipinski definition) is 6. The average Bonchev–Trinajstić information content (AvgIpc) is 3.11. The van der Waals surface area contributed by atoms with Crippen molar-refractivity contribution >= 4 is 17.5 Å². The number of amides is 1. The first-order valence-corrected chi connectivity index (χ1v) is 9.62. The second-order valence-electron chi connectivity index (χ2n) is 7.07. The molecular formula is C20H21ClN6O2. The van der Waals surface area contributed by atoms with Gasteiger partial charge in [-0.3, -0.25) is 4.79 Å². The zero-order chi connectivity index (χ0) is 20.5. The minimum Gasteiger partial charge on any atom is -0.382 e. The second-order valence-corrected chi connectivity index (χ2v) is 7.41. The third kappa shape index (κ3) is 3.86. The number of aromatic nitrogens is 5. The molecule has 3 aromatic rings. The predicted molar refractivity (Wildman–Crippen MR) is 108 cm³/mol. The summed E-state index contributed by atoms with van der Waals surface area (Å²) in [6.45, 7) is 5.20. The standard InChI is InChI=1S/C20H21ClN6O2/c1-12-7-23-20(21)25-18(12)14-6-17-19(28)27(9-15-4-5-22-13(2)24-15)16(11-29-3)10-26(17)8-14/h4-8,16H,9-11H2,1-3H3/t16-/m1/s1. The summed E-state index contributed by atoms with van der Waals surface area (Å²) in [5.74, 6) is 0.607. The molecular weight excluding hydrogens is 392 g/mol. The molecule has 0 saturated carbocycles. The molecule has 0 unspecified atom stereocenters. The molecule has 4 heterocycles. The first-order valence-electron chi connectivity index (χ1n) is 9.24. The van der Waals surface area contributed by atoms with Crippen LogP contribution in [0.1, 0.15) is 27.6 Å². The Bertz CT molecular complexity index is 1070. The van der Waals surface area contributed by atoms with E-state index in [9.17, 15) is 4.79 Å². The first-order chi connectivity index (χ1) is 14.0. The van der Waals surface area contributed by atoms with Crippen LogP contribution in [-0.2, 0) is 17.8 Å². The summed E-state index contributed by atoms with van der Waals surface area (Å²) in [6.07, 6.45) is 5.33. The third-order valence-corrected chi connectivity index (χ3v) is 5.15. The maximum absolute atomic E-state index is 13.3. The normalized spacial score (nSPS) is 16.2. The molecule has 0 spiro atoms. The topological polar surface area (TPSA) is 86.0 Å². The number of carbonyl (C=O) groups is 1. The number of methoxy groups -OCH3 is 1. The monoisotopic (exact) mass is 412 g/mol. The van der Waals surface area contributed by atoms with Gasteiger partial charge in [0.1, 0.15) is 11.5 Å². The molecule has 1 aliphatic rings. The van der Waals surface area contributed by atoms with Crippen LogP contribution in [0.2, 0.25) is 5.28 Å². The summed E-state index contributed by atoms with van der Waals surface area (Å²) >= 11 is 5.98. The fourth-order valence-electron chi connectivity index (χ4n) is 3.63. The largest absolute Gasteiger partial charge is 0.382 e. The van der Waals surface area contributed by atoms with Crippen LogP contribution < -0.4 is 0 Å². The van der Waals surface area contributed by atoms with Gasteiger partial charge in [-0.05, 0) is 43.1 Å². The van der Waals surface area contributed by atoms with Gasteiger partial charge in [-0.15, -0.1) is 0 Å². The third-order valence-electron chi connectivity index (χ3n) is 4.97. The molecule has 0 radical (unpaired) electrons. The molecule has 9 heteroatoms. The molecule has 0 aromatic carbocycles. The fraction of sp³-hybridized carbons (Fsp3) is 0.350. The van der Waals surface area contributed by atoms with Crippen LogP contribution in [0.5, 0.6) is 0 Å². The lowest BCUT2D eigenvalue weighted by molar-refractivity contribution is 0.0384. The number of rotatable bonds is 5. The molecule has 1 aliphatic heterocycles. The van der Waals surface area contributed by atoms with Gasteiger partial charge in [0.15, 0.2) is 0 Å². The predicted octanol–water partition coefficient (Wildman–Crippen LogP) is 2.68. The Morgan fingerprint density at radius 3 is 2.86 bits per heavy atom. The van der Waals surface area contributed by atoms with E-state index in [4.69, 9.17) is 16.3 Å². The molecule has 0 N–H and O–H groups in total. The van der Waals surface area contributed by atoms with Crippen molar-refractivity contribution in [2.45, 2.75) is 33.0 Å². The lowest BCUT2D eigenvalue weighted by Gasteiger charge is -2.36. The van der Waals surface area contributed by atoms with E-state index in [-0.39, 0.29) is 17.2 Å². The summed E-state index contributed by atoms with van der Waals surface area (Å²) in [4.78, 5) is 32.1. The highest BCUT2D eigenvalue weighted by atomic mass is 35.5. The highest BCUT2D eigenvalue weighted by molar-refractivity contribution is 6.28. The van der Waals surface area contributed by atoms with Crippen LogP contribution in [0.25, 0.3) is 11.3 Å². The fourth-order valence-corrected chi connectivity index (χ4v) is 3.76. The average molecular weight is 413 g/mol. The molecule has 8 nitrogen and oxygen atoms in total. The molecule has 150 valence electrons. The molecule has 1 atom stereocenters. The van der Waals surface area contributed by atoms with Crippen molar-refractivity contribution in [1.29, 1.82) is 0 Å². The Kier molecular flexibility index (Phi) is 5.29. The van der Waals surface area contributed by atoms with Crippen molar-refractivity contribution in [3.05, 3.63) is 58.8 Å². The van der Waals surface area contributed by atoms with Crippen molar-refractivity contribution in [1.82, 2.24) is 29.4 Å². The van der Waals surface area contributed by atoms with Crippen molar-refractivity contribution in [3.63, 3.8) is 0 Å². The van der Waals surface area contributed by atoms with Gasteiger partial charge in [-0.2, -0.15) is 0 Å². The van der Waals surface area contributed by atoms with Gasteiger partial charge in [-0.25, -0.2) is 19.9 Å². The van der Waals surface area contributed by atoms with E-state index in [2.05, 4.69) is 19.9 Å². The Labute approximate surface area is 173 Å². The van der Waals surface area contributed by atoms with Gasteiger partial charge in [0, 0.05) is 37.8 Å². The van der Waals surface area contributed by atoms with Crippen molar-refractivity contribution in [2.24, 2.45) is 0 Å². The van der Waals surface area contributed by atoms with Gasteiger partial charge < -0.3 is 14.2 Å². The molecule has 4 rings (SSSR count). The maximum Gasteiger partial charge on any atom is 0.271 e. The quantitative estimate of drug-likeness (QED) is 0.599. The minimum absolute atomic E-state index is 0.0707. The van der Waals surface area contributed by atoms with Crippen LogP contribution in [0.15, 0.2) is 30.7 Å². The summed E-state index contributed by atoms with van der Waals surface area (Å²) in [5, 5.41) is 0.180. The van der Waals surface area contributed by atoms with Gasteiger partial charge >= 0.3 is 0 Å². The number of hydrogen-bond donors (Lipinski definition) is 0. The van der Waals surface area contributed by atoms with E-state index in [1.54, 1.807) is 19.5 Å². The number of ether oxygens (including phenoxy) is 1. The smallest absolute Gasteiger partial charge is 0.271 e. The molecule has 29 heavy (non-hydrogen) atoms. The molecule has 3 aromatic heterocycles. The van der Waals surface area contributed by atoms with E-state index < -0.39 is 0 Å². The van der Waals surface area contributed by atoms with Crippen LogP contribution >= 0.6 is 11.6 Å². The Morgan fingerprint density at radius 2 is 2.10 bits per heavy atom. The highest BCUT2D eigenvalue weighted by Crippen LogP contribution is 2.29. The van der Waals surface area contributed by atoms with Gasteiger partial charge in [0.05, 0.1) is 30.6 Å². The SMILES string of the molecule is COC[C@H]1Cn2cc(-c3nc(Cl)ncc3C)cc2C(=O)N1Cc1ccnc(C)n1. The van der Waals surface area contributed by atoms with Gasteiger partial charge in [-0.1, -0.05) is 0 Å². The Morgan fingerprint density at radius 1 is 1.28 bits per heavy atom. The number of halogens is 1. The van der Waals surface area contributed by atoms with Gasteiger partial charge in [0.25, 0.3) is 5.91 Å². The van der Waals surface area contributed by atoms with Crippen molar-refractivity contribution in [3.8, 4) is 11.3 Å². The summed E-state index contributed by atoms with van der Waals surface area (Å²) in [7, 11) is 1.64. The van der Waals surface area contributed by atoms with E-state index in [0.717, 1.165) is 22.5 Å². The number of carbonyl (C=O) groups excluding carboxylic acids is 1. The lowest BCUT2D eigenvalue weighted by atomic mass is 10.1. The molecule has 0 bridgehead atoms. The zero-order valence-corrected chi connectivity index (χ0v) is 17.2. The van der Waals surface area contributed by atoms with Crippen LogP contribution in [0, 0.1) is 13.8 Å². The molecule has 0 saturated heterocycles. The number of aryl methyl sites for hydroxylation is 2. The van der Waals surface area contributed by atoms with E-state index in [1.807, 2.05) is 41.6 Å².